The highest BCUT2D eigenvalue weighted by Gasteiger charge is 2.12. The molecule has 1 aromatic heterocycles. The van der Waals surface area contributed by atoms with Crippen molar-refractivity contribution in [3.8, 4) is 29.6 Å². The number of hydrogen-bond acceptors (Lipinski definition) is 8. The summed E-state index contributed by atoms with van der Waals surface area (Å²) >= 11 is 0. The molecule has 0 aliphatic carbocycles. The summed E-state index contributed by atoms with van der Waals surface area (Å²) in [5, 5.41) is 22.2. The van der Waals surface area contributed by atoms with Gasteiger partial charge in [0.15, 0.2) is 11.5 Å². The topological polar surface area (TPSA) is 126 Å². The lowest BCUT2D eigenvalue weighted by atomic mass is 10.1. The number of aromatic hydroxyl groups is 1. The Hall–Kier alpha value is -4.03. The first-order valence-corrected chi connectivity index (χ1v) is 10.5. The van der Waals surface area contributed by atoms with E-state index in [9.17, 15) is 9.90 Å². The molecule has 0 bridgehead atoms. The highest BCUT2D eigenvalue weighted by molar-refractivity contribution is 5.93. The second kappa shape index (κ2) is 11.5. The zero-order chi connectivity index (χ0) is 23.6. The number of aromatic nitrogens is 2. The molecular formula is C24H26N4O5. The molecule has 0 unspecified atom stereocenters. The minimum absolute atomic E-state index is 0.0349. The number of nitrogens with zero attached hydrogens (tertiary/aromatic N) is 2. The van der Waals surface area contributed by atoms with E-state index in [0.717, 1.165) is 24.6 Å². The van der Waals surface area contributed by atoms with Gasteiger partial charge in [0, 0.05) is 23.6 Å². The Morgan fingerprint density at radius 3 is 2.70 bits per heavy atom. The van der Waals surface area contributed by atoms with E-state index in [4.69, 9.17) is 21.1 Å². The van der Waals surface area contributed by atoms with Crippen molar-refractivity contribution >= 4 is 28.3 Å². The van der Waals surface area contributed by atoms with Gasteiger partial charge in [0.1, 0.15) is 17.9 Å². The molecule has 172 valence electrons. The van der Waals surface area contributed by atoms with E-state index in [2.05, 4.69) is 21.2 Å². The van der Waals surface area contributed by atoms with Crippen molar-refractivity contribution in [1.82, 2.24) is 15.4 Å². The second-order valence-electron chi connectivity index (χ2n) is 7.29. The van der Waals surface area contributed by atoms with Crippen LogP contribution in [0.5, 0.6) is 17.2 Å². The fraction of sp³-hybridized carbons (Fsp3) is 0.292. The third-order valence-electron chi connectivity index (χ3n) is 5.02. The SMILES string of the molecule is C#Cc1cc(Nc2ncnc3cc(OC)c(OCCCCCCC(=O)NO)cc23)ccc1O. The van der Waals surface area contributed by atoms with Crippen molar-refractivity contribution < 1.29 is 24.6 Å². The van der Waals surface area contributed by atoms with Crippen LogP contribution < -0.4 is 20.3 Å². The van der Waals surface area contributed by atoms with E-state index in [1.165, 1.54) is 12.4 Å². The summed E-state index contributed by atoms with van der Waals surface area (Å²) in [4.78, 5) is 19.7. The minimum Gasteiger partial charge on any atom is -0.507 e. The van der Waals surface area contributed by atoms with Crippen molar-refractivity contribution in [2.45, 2.75) is 32.1 Å². The van der Waals surface area contributed by atoms with Crippen LogP contribution in [0.1, 0.15) is 37.7 Å². The smallest absolute Gasteiger partial charge is 0.243 e. The van der Waals surface area contributed by atoms with Crippen LogP contribution in [-0.2, 0) is 4.79 Å². The van der Waals surface area contributed by atoms with Gasteiger partial charge in [0.25, 0.3) is 0 Å². The molecule has 0 atom stereocenters. The van der Waals surface area contributed by atoms with E-state index in [1.807, 2.05) is 6.07 Å². The Labute approximate surface area is 191 Å². The van der Waals surface area contributed by atoms with Crippen molar-refractivity contribution in [1.29, 1.82) is 0 Å². The normalized spacial score (nSPS) is 10.5. The summed E-state index contributed by atoms with van der Waals surface area (Å²) in [6, 6.07) is 8.50. The number of terminal acetylenes is 1. The number of rotatable bonds is 11. The van der Waals surface area contributed by atoms with Gasteiger partial charge in [0.05, 0.1) is 24.8 Å². The molecule has 9 nitrogen and oxygen atoms in total. The minimum atomic E-state index is -0.374. The molecule has 1 heterocycles. The van der Waals surface area contributed by atoms with E-state index in [0.29, 0.717) is 53.5 Å². The average molecular weight is 450 g/mol. The summed E-state index contributed by atoms with van der Waals surface area (Å²) in [5.41, 5.74) is 3.36. The van der Waals surface area contributed by atoms with E-state index >= 15 is 0 Å². The zero-order valence-electron chi connectivity index (χ0n) is 18.3. The Balaban J connectivity index is 1.71. The van der Waals surface area contributed by atoms with Crippen molar-refractivity contribution in [3.05, 3.63) is 42.2 Å². The van der Waals surface area contributed by atoms with Crippen molar-refractivity contribution in [3.63, 3.8) is 0 Å². The summed E-state index contributed by atoms with van der Waals surface area (Å²) < 4.78 is 11.4. The molecule has 0 saturated carbocycles. The van der Waals surface area contributed by atoms with Gasteiger partial charge in [-0.05, 0) is 37.1 Å². The molecule has 0 aliphatic rings. The lowest BCUT2D eigenvalue weighted by Crippen LogP contribution is -2.17. The molecule has 9 heteroatoms. The summed E-state index contributed by atoms with van der Waals surface area (Å²) in [5.74, 6) is 3.79. The third-order valence-corrected chi connectivity index (χ3v) is 5.02. The van der Waals surface area contributed by atoms with Gasteiger partial charge in [-0.15, -0.1) is 6.42 Å². The predicted octanol–water partition coefficient (Wildman–Crippen LogP) is 3.90. The standard InChI is InChI=1S/C24H26N4O5/c1-3-16-12-17(9-10-20(16)29)27-24-18-13-22(21(32-2)14-19(18)25-15-26-24)33-11-7-5-4-6-8-23(30)28-31/h1,9-10,12-15,29,31H,4-8,11H2,2H3,(H,28,30)(H,25,26,27). The monoisotopic (exact) mass is 450 g/mol. The number of nitrogens with one attached hydrogen (secondary N) is 2. The Kier molecular flexibility index (Phi) is 8.27. The maximum absolute atomic E-state index is 11.0. The van der Waals surface area contributed by atoms with Crippen LogP contribution >= 0.6 is 0 Å². The van der Waals surface area contributed by atoms with Gasteiger partial charge in [-0.2, -0.15) is 0 Å². The zero-order valence-corrected chi connectivity index (χ0v) is 18.3. The maximum Gasteiger partial charge on any atom is 0.243 e. The summed E-state index contributed by atoms with van der Waals surface area (Å²) in [6.45, 7) is 0.480. The quantitative estimate of drug-likeness (QED) is 0.114. The Bertz CT molecular complexity index is 1160. The molecule has 0 spiro atoms. The summed E-state index contributed by atoms with van der Waals surface area (Å²) in [7, 11) is 1.57. The van der Waals surface area contributed by atoms with Gasteiger partial charge in [-0.25, -0.2) is 15.4 Å². The van der Waals surface area contributed by atoms with E-state index < -0.39 is 0 Å². The highest BCUT2D eigenvalue weighted by atomic mass is 16.5. The molecular weight excluding hydrogens is 424 g/mol. The van der Waals surface area contributed by atoms with Gasteiger partial charge < -0.3 is 19.9 Å². The van der Waals surface area contributed by atoms with Crippen LogP contribution in [-0.4, -0.2) is 39.9 Å². The van der Waals surface area contributed by atoms with Gasteiger partial charge in [-0.3, -0.25) is 10.0 Å². The first kappa shape index (κ1) is 23.6. The van der Waals surface area contributed by atoms with E-state index in [-0.39, 0.29) is 11.7 Å². The van der Waals surface area contributed by atoms with Crippen molar-refractivity contribution in [2.75, 3.05) is 19.0 Å². The lowest BCUT2D eigenvalue weighted by Gasteiger charge is -2.14. The number of amides is 1. The fourth-order valence-corrected chi connectivity index (χ4v) is 3.28. The number of hydroxylamine groups is 1. The number of anilines is 2. The number of carbonyl (C=O) groups is 1. The van der Waals surface area contributed by atoms with Gasteiger partial charge >= 0.3 is 0 Å². The third kappa shape index (κ3) is 6.24. The number of unbranched alkanes of at least 4 members (excludes halogenated alkanes) is 3. The molecule has 0 saturated heterocycles. The number of methoxy groups -OCH3 is 1. The lowest BCUT2D eigenvalue weighted by molar-refractivity contribution is -0.129. The average Bonchev–Trinajstić information content (AvgIpc) is 2.84. The molecule has 3 rings (SSSR count). The molecule has 4 N–H and O–H groups in total. The number of phenolic OH excluding ortho intramolecular Hbond substituents is 1. The van der Waals surface area contributed by atoms with Crippen LogP contribution in [0.3, 0.4) is 0 Å². The van der Waals surface area contributed by atoms with Crippen LogP contribution in [0, 0.1) is 12.3 Å². The van der Waals surface area contributed by atoms with Crippen LogP contribution in [0.25, 0.3) is 10.9 Å². The second-order valence-corrected chi connectivity index (χ2v) is 7.29. The summed E-state index contributed by atoms with van der Waals surface area (Å²) in [6.07, 6.45) is 10.5. The number of carbonyl (C=O) groups excluding carboxylic acids is 1. The first-order valence-electron chi connectivity index (χ1n) is 10.5. The van der Waals surface area contributed by atoms with Crippen LogP contribution in [0.4, 0.5) is 11.5 Å². The van der Waals surface area contributed by atoms with Gasteiger partial charge in [0.2, 0.25) is 5.91 Å². The molecule has 33 heavy (non-hydrogen) atoms. The highest BCUT2D eigenvalue weighted by Crippen LogP contribution is 2.35. The molecule has 0 fully saturated rings. The molecule has 3 aromatic rings. The Morgan fingerprint density at radius 2 is 1.94 bits per heavy atom. The van der Waals surface area contributed by atoms with Crippen LogP contribution in [0.15, 0.2) is 36.7 Å². The largest absolute Gasteiger partial charge is 0.507 e. The fourth-order valence-electron chi connectivity index (χ4n) is 3.28. The number of benzene rings is 2. The Morgan fingerprint density at radius 1 is 1.12 bits per heavy atom. The number of fused-ring (bicyclic) bond motifs is 1. The molecule has 2 aromatic carbocycles. The molecule has 1 amide bonds. The predicted molar refractivity (Wildman–Crippen MR) is 124 cm³/mol. The van der Waals surface area contributed by atoms with Gasteiger partial charge in [-0.1, -0.05) is 18.8 Å². The molecule has 0 aliphatic heterocycles. The number of ether oxygens (including phenoxy) is 2. The first-order chi connectivity index (χ1) is 16.0. The van der Waals surface area contributed by atoms with E-state index in [1.54, 1.807) is 30.8 Å². The van der Waals surface area contributed by atoms with Crippen molar-refractivity contribution in [2.24, 2.45) is 0 Å². The number of hydrogen-bond donors (Lipinski definition) is 4. The molecule has 0 radical (unpaired) electrons. The number of phenols is 1. The van der Waals surface area contributed by atoms with Crippen LogP contribution in [0.2, 0.25) is 0 Å². The maximum atomic E-state index is 11.0.